The highest BCUT2D eigenvalue weighted by Crippen LogP contribution is 2.36. The predicted molar refractivity (Wildman–Crippen MR) is 93.3 cm³/mol. The van der Waals surface area contributed by atoms with E-state index in [2.05, 4.69) is 29.0 Å². The van der Waals surface area contributed by atoms with Gasteiger partial charge in [-0.3, -0.25) is 0 Å². The van der Waals surface area contributed by atoms with Crippen LogP contribution in [0.25, 0.3) is 0 Å². The smallest absolute Gasteiger partial charge is 0.231 e. The van der Waals surface area contributed by atoms with E-state index < -0.39 is 11.9 Å². The Morgan fingerprint density at radius 2 is 1.76 bits per heavy atom. The molecule has 1 fully saturated rings. The van der Waals surface area contributed by atoms with Crippen LogP contribution in [0.4, 0.5) is 8.78 Å². The van der Waals surface area contributed by atoms with Gasteiger partial charge in [0.15, 0.2) is 0 Å². The molecule has 1 heterocycles. The van der Waals surface area contributed by atoms with Gasteiger partial charge < -0.3 is 4.74 Å². The second-order valence-electron chi connectivity index (χ2n) is 6.29. The van der Waals surface area contributed by atoms with Gasteiger partial charge in [0.2, 0.25) is 11.9 Å². The highest BCUT2D eigenvalue weighted by Gasteiger charge is 2.21. The third-order valence-corrected chi connectivity index (χ3v) is 4.62. The highest BCUT2D eigenvalue weighted by molar-refractivity contribution is 5.34. The number of nitrogens with zero attached hydrogens (tertiary/aromatic N) is 1. The molecular formula is C21H21F2NO. The van der Waals surface area contributed by atoms with Crippen LogP contribution in [0.1, 0.15) is 49.7 Å². The molecule has 2 aromatic rings. The summed E-state index contributed by atoms with van der Waals surface area (Å²) >= 11 is 0. The third kappa shape index (κ3) is 4.57. The molecule has 1 aromatic carbocycles. The normalized spacial score (nSPS) is 19.8. The lowest BCUT2D eigenvalue weighted by molar-refractivity contribution is 0.339. The number of pyridine rings is 1. The van der Waals surface area contributed by atoms with Crippen LogP contribution in [0.5, 0.6) is 5.75 Å². The van der Waals surface area contributed by atoms with Crippen molar-refractivity contribution in [1.82, 2.24) is 4.98 Å². The number of halogens is 2. The van der Waals surface area contributed by atoms with Gasteiger partial charge in [0.1, 0.15) is 5.75 Å². The summed E-state index contributed by atoms with van der Waals surface area (Å²) in [5.41, 5.74) is 1.50. The first-order valence-electron chi connectivity index (χ1n) is 8.72. The van der Waals surface area contributed by atoms with Crippen LogP contribution in [-0.2, 0) is 0 Å². The van der Waals surface area contributed by atoms with Crippen LogP contribution >= 0.6 is 0 Å². The molecule has 2 nitrogen and oxygen atoms in total. The Balaban J connectivity index is 1.58. The molecule has 0 saturated heterocycles. The third-order valence-electron chi connectivity index (χ3n) is 4.62. The molecule has 0 spiro atoms. The molecule has 0 N–H and O–H groups in total. The van der Waals surface area contributed by atoms with Gasteiger partial charge in [0.05, 0.1) is 12.2 Å². The molecule has 130 valence electrons. The fraction of sp³-hybridized carbons (Fsp3) is 0.381. The minimum atomic E-state index is -0.837. The van der Waals surface area contributed by atoms with Crippen molar-refractivity contribution < 1.29 is 13.5 Å². The molecule has 0 atom stereocenters. The molecule has 4 heteroatoms. The summed E-state index contributed by atoms with van der Waals surface area (Å²) in [6.45, 7) is 2.65. The molecule has 1 aliphatic carbocycles. The van der Waals surface area contributed by atoms with E-state index in [4.69, 9.17) is 4.74 Å². The summed E-state index contributed by atoms with van der Waals surface area (Å²) in [5, 5.41) is 0. The van der Waals surface area contributed by atoms with Crippen molar-refractivity contribution in [2.75, 3.05) is 6.61 Å². The molecule has 1 aromatic heterocycles. The van der Waals surface area contributed by atoms with Gasteiger partial charge in [0.25, 0.3) is 0 Å². The monoisotopic (exact) mass is 341 g/mol. The SMILES string of the molecule is CCOc1ccc(C2CCC(C#Cc3ccc(F)nc3F)CC2)cc1. The number of rotatable bonds is 3. The van der Waals surface area contributed by atoms with E-state index >= 15 is 0 Å². The Morgan fingerprint density at radius 1 is 1.04 bits per heavy atom. The summed E-state index contributed by atoms with van der Waals surface area (Å²) in [4.78, 5) is 3.16. The number of ether oxygens (including phenoxy) is 1. The predicted octanol–water partition coefficient (Wildman–Crippen LogP) is 5.08. The molecule has 25 heavy (non-hydrogen) atoms. The molecule has 0 unspecified atom stereocenters. The van der Waals surface area contributed by atoms with Crippen molar-refractivity contribution >= 4 is 0 Å². The minimum Gasteiger partial charge on any atom is -0.494 e. The van der Waals surface area contributed by atoms with Crippen molar-refractivity contribution in [2.24, 2.45) is 5.92 Å². The lowest BCUT2D eigenvalue weighted by atomic mass is 9.79. The van der Waals surface area contributed by atoms with E-state index in [1.54, 1.807) is 0 Å². The zero-order valence-electron chi connectivity index (χ0n) is 14.3. The molecule has 1 saturated carbocycles. The molecule has 3 rings (SSSR count). The molecule has 0 bridgehead atoms. The van der Waals surface area contributed by atoms with E-state index in [1.807, 2.05) is 19.1 Å². The standard InChI is InChI=1S/C21H21F2NO/c1-2-25-19-12-9-17(10-13-19)16-6-3-15(4-7-16)5-8-18-11-14-20(22)24-21(18)23/h9-16H,2-4,6-7H2,1H3. The Kier molecular flexibility index (Phi) is 5.65. The van der Waals surface area contributed by atoms with Gasteiger partial charge in [-0.25, -0.2) is 0 Å². The average Bonchev–Trinajstić information content (AvgIpc) is 2.62. The number of benzene rings is 1. The van der Waals surface area contributed by atoms with Gasteiger partial charge in [0, 0.05) is 5.92 Å². The Morgan fingerprint density at radius 3 is 2.40 bits per heavy atom. The summed E-state index contributed by atoms with van der Waals surface area (Å²) < 4.78 is 31.8. The molecular weight excluding hydrogens is 320 g/mol. The quantitative estimate of drug-likeness (QED) is 0.573. The van der Waals surface area contributed by atoms with Gasteiger partial charge in [-0.05, 0) is 68.4 Å². The first kappa shape index (κ1) is 17.4. The van der Waals surface area contributed by atoms with Gasteiger partial charge in [-0.1, -0.05) is 24.0 Å². The van der Waals surface area contributed by atoms with Crippen molar-refractivity contribution in [3.63, 3.8) is 0 Å². The van der Waals surface area contributed by atoms with E-state index in [-0.39, 0.29) is 11.5 Å². The minimum absolute atomic E-state index is 0.162. The fourth-order valence-corrected chi connectivity index (χ4v) is 3.26. The van der Waals surface area contributed by atoms with Crippen LogP contribution in [0.3, 0.4) is 0 Å². The maximum absolute atomic E-state index is 13.5. The summed E-state index contributed by atoms with van der Waals surface area (Å²) in [7, 11) is 0. The Hall–Kier alpha value is -2.41. The molecule has 1 aliphatic rings. The second-order valence-corrected chi connectivity index (χ2v) is 6.29. The summed E-state index contributed by atoms with van der Waals surface area (Å²) in [6, 6.07) is 10.8. The van der Waals surface area contributed by atoms with Crippen LogP contribution in [-0.4, -0.2) is 11.6 Å². The molecule has 0 aliphatic heterocycles. The summed E-state index contributed by atoms with van der Waals surface area (Å²) in [6.07, 6.45) is 4.11. The second kappa shape index (κ2) is 8.11. The first-order chi connectivity index (χ1) is 12.2. The first-order valence-corrected chi connectivity index (χ1v) is 8.72. The van der Waals surface area contributed by atoms with Crippen LogP contribution in [0, 0.1) is 29.7 Å². The van der Waals surface area contributed by atoms with E-state index in [0.29, 0.717) is 12.5 Å². The number of aromatic nitrogens is 1. The zero-order valence-corrected chi connectivity index (χ0v) is 14.3. The van der Waals surface area contributed by atoms with Gasteiger partial charge >= 0.3 is 0 Å². The van der Waals surface area contributed by atoms with Crippen molar-refractivity contribution in [3.8, 4) is 17.6 Å². The van der Waals surface area contributed by atoms with Crippen molar-refractivity contribution in [1.29, 1.82) is 0 Å². The van der Waals surface area contributed by atoms with Gasteiger partial charge in [-0.15, -0.1) is 0 Å². The lowest BCUT2D eigenvalue weighted by Crippen LogP contribution is -2.12. The molecule has 0 radical (unpaired) electrons. The topological polar surface area (TPSA) is 22.1 Å². The highest BCUT2D eigenvalue weighted by atomic mass is 19.1. The number of hydrogen-bond acceptors (Lipinski definition) is 2. The van der Waals surface area contributed by atoms with Crippen molar-refractivity contribution in [3.05, 3.63) is 59.4 Å². The Bertz CT molecular complexity index is 769. The fourth-order valence-electron chi connectivity index (χ4n) is 3.26. The van der Waals surface area contributed by atoms with Crippen molar-refractivity contribution in [2.45, 2.75) is 38.5 Å². The van der Waals surface area contributed by atoms with Crippen LogP contribution < -0.4 is 4.74 Å². The maximum Gasteiger partial charge on any atom is 0.231 e. The largest absolute Gasteiger partial charge is 0.494 e. The van der Waals surface area contributed by atoms with E-state index in [1.165, 1.54) is 11.6 Å². The number of hydrogen-bond donors (Lipinski definition) is 0. The summed E-state index contributed by atoms with van der Waals surface area (Å²) in [5.74, 6) is 5.98. The Labute approximate surface area is 147 Å². The van der Waals surface area contributed by atoms with E-state index in [9.17, 15) is 8.78 Å². The average molecular weight is 341 g/mol. The van der Waals surface area contributed by atoms with Gasteiger partial charge in [-0.2, -0.15) is 13.8 Å². The molecule has 0 amide bonds. The van der Waals surface area contributed by atoms with E-state index in [0.717, 1.165) is 37.5 Å². The lowest BCUT2D eigenvalue weighted by Gasteiger charge is -2.26. The van der Waals surface area contributed by atoms with Crippen LogP contribution in [0.15, 0.2) is 36.4 Å². The van der Waals surface area contributed by atoms with Crippen LogP contribution in [0.2, 0.25) is 0 Å². The maximum atomic E-state index is 13.5. The zero-order chi connectivity index (χ0) is 17.6.